The maximum atomic E-state index is 11.6. The molecule has 98 valence electrons. The van der Waals surface area contributed by atoms with E-state index < -0.39 is 5.97 Å². The Labute approximate surface area is 111 Å². The first-order valence-electron chi connectivity index (χ1n) is 5.64. The molecule has 18 heavy (non-hydrogen) atoms. The van der Waals surface area contributed by atoms with E-state index in [1.807, 2.05) is 13.0 Å². The molecule has 0 aliphatic heterocycles. The SMILES string of the molecule is Cc1ccc(NC(=O)C[C@@H](C)CC(=O)[O-])cc1Cl. The molecule has 4 nitrogen and oxygen atoms in total. The van der Waals surface area contributed by atoms with Gasteiger partial charge in [-0.15, -0.1) is 0 Å². The Hall–Kier alpha value is -1.55. The van der Waals surface area contributed by atoms with Gasteiger partial charge in [-0.05, 0) is 37.0 Å². The Morgan fingerprint density at radius 1 is 1.39 bits per heavy atom. The fourth-order valence-corrected chi connectivity index (χ4v) is 1.74. The minimum Gasteiger partial charge on any atom is -0.550 e. The van der Waals surface area contributed by atoms with Crippen molar-refractivity contribution in [3.63, 3.8) is 0 Å². The first-order valence-corrected chi connectivity index (χ1v) is 6.02. The van der Waals surface area contributed by atoms with Crippen LogP contribution in [0, 0.1) is 12.8 Å². The normalized spacial score (nSPS) is 11.9. The van der Waals surface area contributed by atoms with Crippen LogP contribution in [0.5, 0.6) is 0 Å². The van der Waals surface area contributed by atoms with Crippen LogP contribution in [0.25, 0.3) is 0 Å². The highest BCUT2D eigenvalue weighted by atomic mass is 35.5. The third-order valence-electron chi connectivity index (χ3n) is 2.50. The molecule has 5 heteroatoms. The van der Waals surface area contributed by atoms with Gasteiger partial charge in [-0.25, -0.2) is 0 Å². The molecule has 1 rings (SSSR count). The molecular formula is C13H15ClNO3-. The summed E-state index contributed by atoms with van der Waals surface area (Å²) in [4.78, 5) is 22.0. The van der Waals surface area contributed by atoms with Crippen LogP contribution in [-0.2, 0) is 9.59 Å². The molecule has 0 aliphatic rings. The molecule has 1 amide bonds. The van der Waals surface area contributed by atoms with Gasteiger partial charge in [-0.1, -0.05) is 24.6 Å². The highest BCUT2D eigenvalue weighted by Gasteiger charge is 2.10. The van der Waals surface area contributed by atoms with E-state index in [1.165, 1.54) is 0 Å². The van der Waals surface area contributed by atoms with Crippen molar-refractivity contribution in [1.82, 2.24) is 0 Å². The number of rotatable bonds is 5. The lowest BCUT2D eigenvalue weighted by Crippen LogP contribution is -2.26. The van der Waals surface area contributed by atoms with Crippen molar-refractivity contribution in [3.8, 4) is 0 Å². The maximum Gasteiger partial charge on any atom is 0.224 e. The van der Waals surface area contributed by atoms with Crippen molar-refractivity contribution in [1.29, 1.82) is 0 Å². The number of nitrogens with one attached hydrogen (secondary N) is 1. The largest absolute Gasteiger partial charge is 0.550 e. The molecule has 0 fully saturated rings. The number of benzene rings is 1. The van der Waals surface area contributed by atoms with E-state index in [2.05, 4.69) is 5.32 Å². The summed E-state index contributed by atoms with van der Waals surface area (Å²) < 4.78 is 0. The Morgan fingerprint density at radius 3 is 2.61 bits per heavy atom. The number of amides is 1. The zero-order chi connectivity index (χ0) is 13.7. The van der Waals surface area contributed by atoms with Crippen LogP contribution in [0.1, 0.15) is 25.3 Å². The lowest BCUT2D eigenvalue weighted by Gasteiger charge is -2.12. The Kier molecular flexibility index (Phi) is 5.16. The monoisotopic (exact) mass is 268 g/mol. The molecule has 0 unspecified atom stereocenters. The third-order valence-corrected chi connectivity index (χ3v) is 2.91. The van der Waals surface area contributed by atoms with Crippen LogP contribution >= 0.6 is 11.6 Å². The van der Waals surface area contributed by atoms with E-state index in [0.29, 0.717) is 10.7 Å². The van der Waals surface area contributed by atoms with Gasteiger partial charge in [-0.2, -0.15) is 0 Å². The number of anilines is 1. The van der Waals surface area contributed by atoms with Crippen LogP contribution in [0.4, 0.5) is 5.69 Å². The van der Waals surface area contributed by atoms with E-state index in [0.717, 1.165) is 5.56 Å². The fourth-order valence-electron chi connectivity index (χ4n) is 1.56. The van der Waals surface area contributed by atoms with Crippen LogP contribution in [0.3, 0.4) is 0 Å². The molecule has 0 bridgehead atoms. The molecule has 0 spiro atoms. The van der Waals surface area contributed by atoms with Crippen LogP contribution in [0.2, 0.25) is 5.02 Å². The maximum absolute atomic E-state index is 11.6. The summed E-state index contributed by atoms with van der Waals surface area (Å²) >= 11 is 5.93. The van der Waals surface area contributed by atoms with Gasteiger partial charge in [0.25, 0.3) is 0 Å². The summed E-state index contributed by atoms with van der Waals surface area (Å²) in [6.07, 6.45) is 0.0154. The summed E-state index contributed by atoms with van der Waals surface area (Å²) in [5, 5.41) is 13.6. The van der Waals surface area contributed by atoms with E-state index in [1.54, 1.807) is 19.1 Å². The van der Waals surface area contributed by atoms with E-state index in [-0.39, 0.29) is 24.7 Å². The number of hydrogen-bond acceptors (Lipinski definition) is 3. The number of hydrogen-bond donors (Lipinski definition) is 1. The molecule has 1 aromatic carbocycles. The summed E-state index contributed by atoms with van der Waals surface area (Å²) in [6.45, 7) is 3.56. The van der Waals surface area contributed by atoms with Crippen LogP contribution in [0.15, 0.2) is 18.2 Å². The zero-order valence-corrected chi connectivity index (χ0v) is 11.1. The number of carbonyl (C=O) groups excluding carboxylic acids is 2. The number of carboxylic acid groups (broad SMARTS) is 1. The van der Waals surface area contributed by atoms with Gasteiger partial charge in [0, 0.05) is 23.1 Å². The van der Waals surface area contributed by atoms with Crippen molar-refractivity contribution in [3.05, 3.63) is 28.8 Å². The van der Waals surface area contributed by atoms with Gasteiger partial charge >= 0.3 is 0 Å². The Bertz CT molecular complexity index is 460. The second kappa shape index (κ2) is 6.40. The van der Waals surface area contributed by atoms with Crippen LogP contribution in [-0.4, -0.2) is 11.9 Å². The molecule has 0 radical (unpaired) electrons. The van der Waals surface area contributed by atoms with Gasteiger partial charge in [0.05, 0.1) is 0 Å². The first kappa shape index (κ1) is 14.5. The Morgan fingerprint density at radius 2 is 2.06 bits per heavy atom. The number of halogens is 1. The van der Waals surface area contributed by atoms with Gasteiger partial charge in [0.2, 0.25) is 5.91 Å². The lowest BCUT2D eigenvalue weighted by molar-refractivity contribution is -0.306. The molecule has 0 aromatic heterocycles. The highest BCUT2D eigenvalue weighted by Crippen LogP contribution is 2.20. The van der Waals surface area contributed by atoms with Gasteiger partial charge in [0.1, 0.15) is 0 Å². The number of aliphatic carboxylic acids is 1. The molecule has 0 aliphatic carbocycles. The molecular weight excluding hydrogens is 254 g/mol. The standard InChI is InChI=1S/C13H16ClNO3/c1-8(6-13(17)18)5-12(16)15-10-4-3-9(2)11(14)7-10/h3-4,7-8H,5-6H2,1-2H3,(H,15,16)(H,17,18)/p-1/t8-/m1/s1. The quantitative estimate of drug-likeness (QED) is 0.885. The predicted molar refractivity (Wildman–Crippen MR) is 68.2 cm³/mol. The zero-order valence-electron chi connectivity index (χ0n) is 10.3. The van der Waals surface area contributed by atoms with Crippen molar-refractivity contribution in [2.45, 2.75) is 26.7 Å². The molecule has 0 saturated carbocycles. The van der Waals surface area contributed by atoms with Crippen molar-refractivity contribution < 1.29 is 14.7 Å². The molecule has 1 N–H and O–H groups in total. The van der Waals surface area contributed by atoms with Crippen LogP contribution < -0.4 is 10.4 Å². The summed E-state index contributed by atoms with van der Waals surface area (Å²) in [6, 6.07) is 5.23. The summed E-state index contributed by atoms with van der Waals surface area (Å²) in [5.41, 5.74) is 1.54. The summed E-state index contributed by atoms with van der Waals surface area (Å²) in [5.74, 6) is -1.63. The second-order valence-electron chi connectivity index (χ2n) is 4.40. The van der Waals surface area contributed by atoms with Gasteiger partial charge in [-0.3, -0.25) is 4.79 Å². The molecule has 1 aromatic rings. The first-order chi connectivity index (χ1) is 8.38. The van der Waals surface area contributed by atoms with E-state index in [9.17, 15) is 14.7 Å². The second-order valence-corrected chi connectivity index (χ2v) is 4.80. The summed E-state index contributed by atoms with van der Waals surface area (Å²) in [7, 11) is 0. The van der Waals surface area contributed by atoms with Crippen molar-refractivity contribution in [2.24, 2.45) is 5.92 Å². The van der Waals surface area contributed by atoms with E-state index >= 15 is 0 Å². The lowest BCUT2D eigenvalue weighted by atomic mass is 10.0. The van der Waals surface area contributed by atoms with Crippen molar-refractivity contribution >= 4 is 29.2 Å². The minimum absolute atomic E-state index is 0.123. The fraction of sp³-hybridized carbons (Fsp3) is 0.385. The third kappa shape index (κ3) is 4.75. The predicted octanol–water partition coefficient (Wildman–Crippen LogP) is 1.75. The van der Waals surface area contributed by atoms with Gasteiger partial charge < -0.3 is 15.2 Å². The smallest absolute Gasteiger partial charge is 0.224 e. The Balaban J connectivity index is 2.54. The number of carbonyl (C=O) groups is 2. The highest BCUT2D eigenvalue weighted by molar-refractivity contribution is 6.31. The van der Waals surface area contributed by atoms with Gasteiger partial charge in [0.15, 0.2) is 0 Å². The number of carboxylic acids is 1. The number of aryl methyl sites for hydroxylation is 1. The average molecular weight is 269 g/mol. The molecule has 1 atom stereocenters. The van der Waals surface area contributed by atoms with E-state index in [4.69, 9.17) is 11.6 Å². The average Bonchev–Trinajstić information content (AvgIpc) is 2.21. The van der Waals surface area contributed by atoms with Crippen molar-refractivity contribution in [2.75, 3.05) is 5.32 Å². The molecule has 0 saturated heterocycles. The molecule has 0 heterocycles. The topological polar surface area (TPSA) is 69.2 Å². The minimum atomic E-state index is -1.14.